The number of rotatable bonds is 3. The molecule has 1 heterocycles. The summed E-state index contributed by atoms with van der Waals surface area (Å²) in [6.45, 7) is 2.02. The number of fused-ring (bicyclic) bond motifs is 1. The Labute approximate surface area is 102 Å². The Kier molecular flexibility index (Phi) is 3.23. The lowest BCUT2D eigenvalue weighted by atomic mass is 10.3. The summed E-state index contributed by atoms with van der Waals surface area (Å²) in [4.78, 5) is 14.3. The van der Waals surface area contributed by atoms with E-state index >= 15 is 0 Å². The molecule has 0 saturated heterocycles. The van der Waals surface area contributed by atoms with Crippen LogP contribution in [0.3, 0.4) is 0 Å². The largest absolute Gasteiger partial charge is 0.465 e. The highest BCUT2D eigenvalue weighted by molar-refractivity contribution is 7.71. The zero-order valence-corrected chi connectivity index (χ0v) is 10.0. The summed E-state index contributed by atoms with van der Waals surface area (Å²) in [5.74, 6) is -0.766. The molecule has 0 aliphatic rings. The summed E-state index contributed by atoms with van der Waals surface area (Å²) in [6.07, 6.45) is 0. The van der Waals surface area contributed by atoms with Crippen LogP contribution in [0.4, 0.5) is 4.39 Å². The molecule has 0 saturated carbocycles. The van der Waals surface area contributed by atoms with Gasteiger partial charge in [-0.25, -0.2) is 4.39 Å². The molecule has 0 amide bonds. The molecule has 1 aromatic carbocycles. The van der Waals surface area contributed by atoms with Crippen molar-refractivity contribution in [3.8, 4) is 0 Å². The molecule has 90 valence electrons. The van der Waals surface area contributed by atoms with Crippen LogP contribution >= 0.6 is 12.2 Å². The van der Waals surface area contributed by atoms with Crippen LogP contribution in [-0.4, -0.2) is 22.1 Å². The third-order valence-corrected chi connectivity index (χ3v) is 2.65. The first-order valence-electron chi connectivity index (χ1n) is 5.15. The van der Waals surface area contributed by atoms with Crippen LogP contribution in [0.2, 0.25) is 0 Å². The third-order valence-electron chi connectivity index (χ3n) is 2.33. The first-order chi connectivity index (χ1) is 8.11. The highest BCUT2D eigenvalue weighted by Gasteiger charge is 2.09. The van der Waals surface area contributed by atoms with E-state index in [1.54, 1.807) is 13.0 Å². The molecule has 6 heteroatoms. The van der Waals surface area contributed by atoms with E-state index in [-0.39, 0.29) is 12.4 Å². The molecule has 0 fully saturated rings. The lowest BCUT2D eigenvalue weighted by Crippen LogP contribution is -2.13. The van der Waals surface area contributed by atoms with Crippen LogP contribution in [-0.2, 0) is 16.1 Å². The van der Waals surface area contributed by atoms with E-state index in [0.29, 0.717) is 22.4 Å². The van der Waals surface area contributed by atoms with Gasteiger partial charge in [-0.15, -0.1) is 0 Å². The maximum atomic E-state index is 13.1. The van der Waals surface area contributed by atoms with E-state index in [2.05, 4.69) is 4.98 Å². The van der Waals surface area contributed by atoms with Gasteiger partial charge in [0.15, 0.2) is 4.77 Å². The highest BCUT2D eigenvalue weighted by atomic mass is 32.1. The minimum Gasteiger partial charge on any atom is -0.465 e. The van der Waals surface area contributed by atoms with Gasteiger partial charge in [0.05, 0.1) is 17.6 Å². The van der Waals surface area contributed by atoms with Gasteiger partial charge in [0.25, 0.3) is 0 Å². The van der Waals surface area contributed by atoms with Gasteiger partial charge in [0.1, 0.15) is 12.4 Å². The fourth-order valence-corrected chi connectivity index (χ4v) is 1.89. The molecule has 4 nitrogen and oxygen atoms in total. The number of carbonyl (C=O) groups is 1. The van der Waals surface area contributed by atoms with E-state index in [0.717, 1.165) is 0 Å². The van der Waals surface area contributed by atoms with Crippen molar-refractivity contribution in [3.63, 3.8) is 0 Å². The number of esters is 1. The van der Waals surface area contributed by atoms with Crippen LogP contribution in [0.25, 0.3) is 11.0 Å². The molecular weight excluding hydrogens is 243 g/mol. The highest BCUT2D eigenvalue weighted by Crippen LogP contribution is 2.15. The van der Waals surface area contributed by atoms with Crippen molar-refractivity contribution in [2.45, 2.75) is 13.5 Å². The quantitative estimate of drug-likeness (QED) is 0.676. The van der Waals surface area contributed by atoms with Crippen molar-refractivity contribution < 1.29 is 13.9 Å². The number of carbonyl (C=O) groups excluding carboxylic acids is 1. The van der Waals surface area contributed by atoms with Crippen molar-refractivity contribution in [1.82, 2.24) is 9.55 Å². The summed E-state index contributed by atoms with van der Waals surface area (Å²) >= 11 is 5.08. The second-order valence-corrected chi connectivity index (χ2v) is 3.87. The van der Waals surface area contributed by atoms with Gasteiger partial charge >= 0.3 is 5.97 Å². The maximum absolute atomic E-state index is 13.1. The van der Waals surface area contributed by atoms with Crippen molar-refractivity contribution in [1.29, 1.82) is 0 Å². The monoisotopic (exact) mass is 254 g/mol. The molecule has 0 atom stereocenters. The van der Waals surface area contributed by atoms with Crippen LogP contribution < -0.4 is 0 Å². The number of imidazole rings is 1. The van der Waals surface area contributed by atoms with Crippen molar-refractivity contribution in [2.75, 3.05) is 6.61 Å². The number of H-pyrrole nitrogens is 1. The van der Waals surface area contributed by atoms with Crippen molar-refractivity contribution >= 4 is 29.2 Å². The maximum Gasteiger partial charge on any atom is 0.326 e. The summed E-state index contributed by atoms with van der Waals surface area (Å²) in [5.41, 5.74) is 1.25. The zero-order chi connectivity index (χ0) is 12.4. The van der Waals surface area contributed by atoms with Gasteiger partial charge in [-0.2, -0.15) is 0 Å². The lowest BCUT2D eigenvalue weighted by molar-refractivity contribution is -0.143. The SMILES string of the molecule is CCOC(=O)Cn1c(=S)[nH]c2ccc(F)cc21. The summed E-state index contributed by atoms with van der Waals surface area (Å²) in [5, 5.41) is 0. The molecule has 2 rings (SSSR count). The zero-order valence-electron chi connectivity index (χ0n) is 9.20. The number of nitrogens with one attached hydrogen (secondary N) is 1. The second kappa shape index (κ2) is 4.67. The molecule has 2 aromatic rings. The molecule has 1 N–H and O–H groups in total. The topological polar surface area (TPSA) is 47.0 Å². The smallest absolute Gasteiger partial charge is 0.326 e. The Hall–Kier alpha value is -1.69. The Morgan fingerprint density at radius 1 is 1.59 bits per heavy atom. The number of ether oxygens (including phenoxy) is 1. The number of aromatic amines is 1. The van der Waals surface area contributed by atoms with Gasteiger partial charge in [-0.3, -0.25) is 4.79 Å². The first-order valence-corrected chi connectivity index (χ1v) is 5.56. The van der Waals surface area contributed by atoms with Crippen molar-refractivity contribution in [3.05, 3.63) is 28.8 Å². The minimum atomic E-state index is -0.395. The summed E-state index contributed by atoms with van der Waals surface area (Å²) in [6, 6.07) is 4.26. The Morgan fingerprint density at radius 2 is 2.35 bits per heavy atom. The molecule has 0 radical (unpaired) electrons. The summed E-state index contributed by atoms with van der Waals surface area (Å²) in [7, 11) is 0. The predicted octanol–water partition coefficient (Wildman–Crippen LogP) is 2.40. The number of halogens is 1. The molecule has 0 unspecified atom stereocenters. The van der Waals surface area contributed by atoms with Crippen LogP contribution in [0, 0.1) is 10.6 Å². The third kappa shape index (κ3) is 2.36. The fraction of sp³-hybridized carbons (Fsp3) is 0.273. The average molecular weight is 254 g/mol. The van der Waals surface area contributed by atoms with Crippen LogP contribution in [0.5, 0.6) is 0 Å². The molecular formula is C11H11FN2O2S. The van der Waals surface area contributed by atoms with E-state index in [1.807, 2.05) is 0 Å². The summed E-state index contributed by atoms with van der Waals surface area (Å²) < 4.78 is 19.9. The van der Waals surface area contributed by atoms with Crippen molar-refractivity contribution in [2.24, 2.45) is 0 Å². The van der Waals surface area contributed by atoms with E-state index < -0.39 is 5.97 Å². The molecule has 0 spiro atoms. The Bertz CT molecular complexity index is 617. The standard InChI is InChI=1S/C11H11FN2O2S/c1-2-16-10(15)6-14-9-5-7(12)3-4-8(9)13-11(14)17/h3-5H,2,6H2,1H3,(H,13,17). The van der Waals surface area contributed by atoms with Gasteiger partial charge in [-0.05, 0) is 37.3 Å². The number of nitrogens with zero attached hydrogens (tertiary/aromatic N) is 1. The minimum absolute atomic E-state index is 0.0177. The normalized spacial score (nSPS) is 10.7. The molecule has 0 aliphatic carbocycles. The second-order valence-electron chi connectivity index (χ2n) is 3.48. The molecule has 0 bridgehead atoms. The Balaban J connectivity index is 2.45. The van der Waals surface area contributed by atoms with Crippen LogP contribution in [0.15, 0.2) is 18.2 Å². The van der Waals surface area contributed by atoms with Gasteiger partial charge < -0.3 is 14.3 Å². The van der Waals surface area contributed by atoms with E-state index in [4.69, 9.17) is 17.0 Å². The molecule has 0 aliphatic heterocycles. The van der Waals surface area contributed by atoms with E-state index in [9.17, 15) is 9.18 Å². The predicted molar refractivity (Wildman–Crippen MR) is 63.7 cm³/mol. The number of hydrogen-bond acceptors (Lipinski definition) is 3. The average Bonchev–Trinajstić information content (AvgIpc) is 2.56. The number of hydrogen-bond donors (Lipinski definition) is 1. The van der Waals surface area contributed by atoms with E-state index in [1.165, 1.54) is 16.7 Å². The van der Waals surface area contributed by atoms with Gasteiger partial charge in [0.2, 0.25) is 0 Å². The van der Waals surface area contributed by atoms with Gasteiger partial charge in [-0.1, -0.05) is 0 Å². The molecule has 1 aromatic heterocycles. The van der Waals surface area contributed by atoms with Crippen LogP contribution in [0.1, 0.15) is 6.92 Å². The number of benzene rings is 1. The Morgan fingerprint density at radius 3 is 3.06 bits per heavy atom. The number of aromatic nitrogens is 2. The fourth-order valence-electron chi connectivity index (χ4n) is 1.62. The molecule has 17 heavy (non-hydrogen) atoms. The first kappa shape index (κ1) is 11.8. The van der Waals surface area contributed by atoms with Gasteiger partial charge in [0, 0.05) is 0 Å². The lowest BCUT2D eigenvalue weighted by Gasteiger charge is -2.04.